The van der Waals surface area contributed by atoms with E-state index in [4.69, 9.17) is 5.26 Å². The SMILES string of the molecule is CCC=CC(/C=C\N(C)C)C1=C(c2cn(CCCC#N)c3ncccc23)C(=O)NC1=O. The summed E-state index contributed by atoms with van der Waals surface area (Å²) < 4.78 is 1.95. The molecule has 0 saturated carbocycles. The maximum Gasteiger partial charge on any atom is 0.259 e. The van der Waals surface area contributed by atoms with Crippen LogP contribution in [-0.2, 0) is 16.1 Å². The number of amides is 2. The summed E-state index contributed by atoms with van der Waals surface area (Å²) in [7, 11) is 3.82. The molecule has 7 heteroatoms. The second kappa shape index (κ2) is 9.90. The molecule has 0 aliphatic carbocycles. The first-order valence-corrected chi connectivity index (χ1v) is 10.4. The zero-order valence-electron chi connectivity index (χ0n) is 18.1. The van der Waals surface area contributed by atoms with Gasteiger partial charge >= 0.3 is 0 Å². The van der Waals surface area contributed by atoms with Gasteiger partial charge in [0.05, 0.1) is 11.6 Å². The van der Waals surface area contributed by atoms with Crippen molar-refractivity contribution in [2.24, 2.45) is 5.92 Å². The smallest absolute Gasteiger partial charge is 0.259 e. The number of carbonyl (C=O) groups excluding carboxylic acids is 2. The number of aryl methyl sites for hydroxylation is 1. The van der Waals surface area contributed by atoms with Gasteiger partial charge in [0.2, 0.25) is 0 Å². The van der Waals surface area contributed by atoms with Crippen LogP contribution in [0.5, 0.6) is 0 Å². The standard InChI is InChI=1S/C24H27N5O2/c1-4-5-9-17(11-15-28(2)3)20-21(24(31)27-23(20)30)19-16-29(14-7-6-12-25)22-18(19)10-8-13-26-22/h5,8-11,13,15-17H,4,6-7,14H2,1-3H3,(H,27,30,31)/b9-5?,15-11-. The Kier molecular flexibility index (Phi) is 7.03. The zero-order valence-corrected chi connectivity index (χ0v) is 18.1. The fourth-order valence-corrected chi connectivity index (χ4v) is 3.68. The van der Waals surface area contributed by atoms with Gasteiger partial charge in [-0.3, -0.25) is 14.9 Å². The van der Waals surface area contributed by atoms with Crippen LogP contribution in [0.25, 0.3) is 16.6 Å². The van der Waals surface area contributed by atoms with E-state index in [0.717, 1.165) is 17.5 Å². The average Bonchev–Trinajstić information content (AvgIpc) is 3.25. The van der Waals surface area contributed by atoms with E-state index in [1.165, 1.54) is 0 Å². The second-order valence-corrected chi connectivity index (χ2v) is 7.61. The van der Waals surface area contributed by atoms with Gasteiger partial charge in [0.15, 0.2) is 0 Å². The Morgan fingerprint density at radius 2 is 2.10 bits per heavy atom. The number of nitrogens with zero attached hydrogens (tertiary/aromatic N) is 4. The van der Waals surface area contributed by atoms with Gasteiger partial charge in [0.25, 0.3) is 11.8 Å². The Balaban J connectivity index is 2.19. The van der Waals surface area contributed by atoms with Crippen LogP contribution in [0.3, 0.4) is 0 Å². The van der Waals surface area contributed by atoms with Crippen molar-refractivity contribution in [3.63, 3.8) is 0 Å². The van der Waals surface area contributed by atoms with Gasteiger partial charge in [0.1, 0.15) is 5.65 Å². The Labute approximate surface area is 182 Å². The molecule has 31 heavy (non-hydrogen) atoms. The van der Waals surface area contributed by atoms with E-state index in [2.05, 4.69) is 16.4 Å². The molecule has 3 heterocycles. The monoisotopic (exact) mass is 417 g/mol. The van der Waals surface area contributed by atoms with E-state index in [1.54, 1.807) is 6.20 Å². The van der Waals surface area contributed by atoms with Crippen molar-refractivity contribution >= 4 is 28.4 Å². The Morgan fingerprint density at radius 1 is 1.29 bits per heavy atom. The lowest BCUT2D eigenvalue weighted by Crippen LogP contribution is -2.24. The van der Waals surface area contributed by atoms with Crippen LogP contribution in [0.15, 0.2) is 54.5 Å². The van der Waals surface area contributed by atoms with Crippen LogP contribution in [0.1, 0.15) is 31.7 Å². The van der Waals surface area contributed by atoms with Gasteiger partial charge in [-0.05, 0) is 31.2 Å². The number of imide groups is 1. The summed E-state index contributed by atoms with van der Waals surface area (Å²) in [5, 5.41) is 12.2. The van der Waals surface area contributed by atoms with E-state index >= 15 is 0 Å². The van der Waals surface area contributed by atoms with Gasteiger partial charge in [-0.1, -0.05) is 25.2 Å². The molecule has 3 rings (SSSR count). The summed E-state index contributed by atoms with van der Waals surface area (Å²) in [6.07, 6.45) is 13.3. The topological polar surface area (TPSA) is 91.0 Å². The number of pyridine rings is 1. The lowest BCUT2D eigenvalue weighted by Gasteiger charge is -2.12. The largest absolute Gasteiger partial charge is 0.384 e. The van der Waals surface area contributed by atoms with E-state index in [9.17, 15) is 9.59 Å². The van der Waals surface area contributed by atoms with Crippen molar-refractivity contribution in [1.29, 1.82) is 5.26 Å². The van der Waals surface area contributed by atoms with Gasteiger partial charge in [0, 0.05) is 61.9 Å². The molecule has 1 aliphatic rings. The minimum atomic E-state index is -0.395. The zero-order chi connectivity index (χ0) is 22.4. The Morgan fingerprint density at radius 3 is 2.81 bits per heavy atom. The van der Waals surface area contributed by atoms with Crippen LogP contribution in [-0.4, -0.2) is 40.4 Å². The highest BCUT2D eigenvalue weighted by Gasteiger charge is 2.35. The van der Waals surface area contributed by atoms with Crippen LogP contribution in [0, 0.1) is 17.2 Å². The van der Waals surface area contributed by atoms with E-state index < -0.39 is 5.91 Å². The summed E-state index contributed by atoms with van der Waals surface area (Å²) in [6, 6.07) is 5.88. The quantitative estimate of drug-likeness (QED) is 0.384. The normalized spacial score (nSPS) is 15.3. The van der Waals surface area contributed by atoms with E-state index in [-0.39, 0.29) is 11.8 Å². The number of aromatic nitrogens is 2. The van der Waals surface area contributed by atoms with Gasteiger partial charge in [-0.2, -0.15) is 5.26 Å². The van der Waals surface area contributed by atoms with Crippen LogP contribution >= 0.6 is 0 Å². The minimum absolute atomic E-state index is 0.336. The van der Waals surface area contributed by atoms with E-state index in [1.807, 2.05) is 73.2 Å². The molecule has 1 aliphatic heterocycles. The third-order valence-corrected chi connectivity index (χ3v) is 5.06. The molecule has 1 atom stereocenters. The van der Waals surface area contributed by atoms with Gasteiger partial charge in [-0.25, -0.2) is 4.98 Å². The van der Waals surface area contributed by atoms with Crippen molar-refractivity contribution in [2.45, 2.75) is 32.7 Å². The molecular weight excluding hydrogens is 390 g/mol. The number of unbranched alkanes of at least 4 members (excludes halogenated alkanes) is 1. The number of fused-ring (bicyclic) bond motifs is 1. The number of carbonyl (C=O) groups is 2. The molecule has 0 spiro atoms. The number of nitrogens with one attached hydrogen (secondary N) is 1. The third-order valence-electron chi connectivity index (χ3n) is 5.06. The summed E-state index contributed by atoms with van der Waals surface area (Å²) in [6.45, 7) is 2.64. The van der Waals surface area contributed by atoms with Crippen molar-refractivity contribution in [3.05, 3.63) is 60.1 Å². The molecule has 2 amide bonds. The fourth-order valence-electron chi connectivity index (χ4n) is 3.68. The lowest BCUT2D eigenvalue weighted by molar-refractivity contribution is -0.123. The molecule has 7 nitrogen and oxygen atoms in total. The molecule has 1 unspecified atom stereocenters. The predicted molar refractivity (Wildman–Crippen MR) is 120 cm³/mol. The molecule has 0 radical (unpaired) electrons. The first-order chi connectivity index (χ1) is 15.0. The van der Waals surface area contributed by atoms with Crippen LogP contribution in [0.4, 0.5) is 0 Å². The molecular formula is C24H27N5O2. The molecule has 0 aromatic carbocycles. The molecule has 2 aromatic rings. The number of allylic oxidation sites excluding steroid dienone is 3. The number of nitriles is 1. The average molecular weight is 418 g/mol. The number of hydrogen-bond acceptors (Lipinski definition) is 5. The molecule has 1 N–H and O–H groups in total. The molecule has 160 valence electrons. The lowest BCUT2D eigenvalue weighted by atomic mass is 9.91. The van der Waals surface area contributed by atoms with Crippen LogP contribution in [0.2, 0.25) is 0 Å². The highest BCUT2D eigenvalue weighted by molar-refractivity contribution is 6.37. The van der Waals surface area contributed by atoms with Crippen molar-refractivity contribution < 1.29 is 9.59 Å². The highest BCUT2D eigenvalue weighted by Crippen LogP contribution is 2.35. The molecule has 0 bridgehead atoms. The van der Waals surface area contributed by atoms with Gasteiger partial charge in [-0.15, -0.1) is 0 Å². The summed E-state index contributed by atoms with van der Waals surface area (Å²) >= 11 is 0. The van der Waals surface area contributed by atoms with Crippen molar-refractivity contribution in [2.75, 3.05) is 14.1 Å². The maximum atomic E-state index is 12.9. The summed E-state index contributed by atoms with van der Waals surface area (Å²) in [5.74, 6) is -1.10. The Bertz CT molecular complexity index is 1110. The summed E-state index contributed by atoms with van der Waals surface area (Å²) in [4.78, 5) is 32.1. The first kappa shape index (κ1) is 22.0. The molecule has 0 fully saturated rings. The van der Waals surface area contributed by atoms with Crippen molar-refractivity contribution in [1.82, 2.24) is 19.8 Å². The predicted octanol–water partition coefficient (Wildman–Crippen LogP) is 3.41. The summed E-state index contributed by atoms with van der Waals surface area (Å²) in [5.41, 5.74) is 2.24. The van der Waals surface area contributed by atoms with E-state index in [0.29, 0.717) is 36.1 Å². The Hall–Kier alpha value is -3.66. The fraction of sp³-hybridized carbons (Fsp3) is 0.333. The second-order valence-electron chi connectivity index (χ2n) is 7.61. The molecule has 0 saturated heterocycles. The van der Waals surface area contributed by atoms with Crippen LogP contribution < -0.4 is 5.32 Å². The number of rotatable bonds is 9. The molecule has 2 aromatic heterocycles. The first-order valence-electron chi connectivity index (χ1n) is 10.4. The van der Waals surface area contributed by atoms with Crippen molar-refractivity contribution in [3.8, 4) is 6.07 Å². The maximum absolute atomic E-state index is 12.9. The van der Waals surface area contributed by atoms with Gasteiger partial charge < -0.3 is 9.47 Å². The highest BCUT2D eigenvalue weighted by atomic mass is 16.2. The number of hydrogen-bond donors (Lipinski definition) is 1. The minimum Gasteiger partial charge on any atom is -0.384 e. The third kappa shape index (κ3) is 4.75.